The van der Waals surface area contributed by atoms with Crippen molar-refractivity contribution in [1.29, 1.82) is 0 Å². The topological polar surface area (TPSA) is 103 Å². The minimum absolute atomic E-state index is 0.123. The highest BCUT2D eigenvalue weighted by Gasteiger charge is 2.51. The summed E-state index contributed by atoms with van der Waals surface area (Å²) in [4.78, 5) is 43.9. The molecule has 0 bridgehead atoms. The fourth-order valence-electron chi connectivity index (χ4n) is 10.1. The van der Waals surface area contributed by atoms with Crippen molar-refractivity contribution in [2.75, 3.05) is 42.5 Å². The van der Waals surface area contributed by atoms with Gasteiger partial charge in [0.25, 0.3) is 5.91 Å². The second kappa shape index (κ2) is 17.7. The highest BCUT2D eigenvalue weighted by Crippen LogP contribution is 2.39. The number of carbonyl (C=O) groups excluding carboxylic acids is 3. The highest BCUT2D eigenvalue weighted by atomic mass is 16.7. The van der Waals surface area contributed by atoms with Gasteiger partial charge in [0.2, 0.25) is 11.8 Å². The molecule has 9 rings (SSSR count). The van der Waals surface area contributed by atoms with Crippen molar-refractivity contribution < 1.29 is 23.7 Å². The van der Waals surface area contributed by atoms with Crippen molar-refractivity contribution in [2.45, 2.75) is 109 Å². The Balaban J connectivity index is 0.784. The van der Waals surface area contributed by atoms with Gasteiger partial charge in [0.05, 0.1) is 11.2 Å². The van der Waals surface area contributed by atoms with Gasteiger partial charge in [-0.2, -0.15) is 0 Å². The van der Waals surface area contributed by atoms with Crippen LogP contribution in [0.5, 0.6) is 0 Å². The van der Waals surface area contributed by atoms with Crippen LogP contribution in [0.4, 0.5) is 11.4 Å². The summed E-state index contributed by atoms with van der Waals surface area (Å²) in [6.45, 7) is 16.1. The summed E-state index contributed by atoms with van der Waals surface area (Å²) in [6.07, 6.45) is 6.05. The predicted octanol–water partition coefficient (Wildman–Crippen LogP) is 7.59. The summed E-state index contributed by atoms with van der Waals surface area (Å²) in [5.41, 5.74) is 10.5. The van der Waals surface area contributed by atoms with Crippen LogP contribution in [-0.4, -0.2) is 85.7 Å². The molecule has 4 aromatic carbocycles. The molecule has 0 spiro atoms. The molecule has 10 nitrogen and oxygen atoms in total. The number of anilines is 2. The number of allylic oxidation sites excluding steroid dienone is 1. The summed E-state index contributed by atoms with van der Waals surface area (Å²) in [5, 5.41) is 6.32. The van der Waals surface area contributed by atoms with Gasteiger partial charge >= 0.3 is 7.12 Å². The third-order valence-electron chi connectivity index (χ3n) is 14.7. The Morgan fingerprint density at radius 1 is 0.730 bits per heavy atom. The van der Waals surface area contributed by atoms with Gasteiger partial charge in [-0.1, -0.05) is 73.7 Å². The zero-order chi connectivity index (χ0) is 43.9. The molecular weight excluding hydrogens is 785 g/mol. The molecule has 328 valence electrons. The largest absolute Gasteiger partial charge is 0.494 e. The van der Waals surface area contributed by atoms with Gasteiger partial charge in [0.1, 0.15) is 6.04 Å². The summed E-state index contributed by atoms with van der Waals surface area (Å²) in [5.74, 6) is -0.102. The Bertz CT molecular complexity index is 2330. The van der Waals surface area contributed by atoms with Gasteiger partial charge in [-0.05, 0) is 148 Å². The summed E-state index contributed by atoms with van der Waals surface area (Å²) < 4.78 is 12.8. The van der Waals surface area contributed by atoms with Crippen LogP contribution in [0.15, 0.2) is 97.1 Å². The number of carbonyl (C=O) groups is 3. The number of hydrogen-bond donors (Lipinski definition) is 2. The van der Waals surface area contributed by atoms with E-state index < -0.39 is 13.2 Å². The first kappa shape index (κ1) is 43.0. The summed E-state index contributed by atoms with van der Waals surface area (Å²) in [7, 11) is -0.392. The Morgan fingerprint density at radius 2 is 1.33 bits per heavy atom. The summed E-state index contributed by atoms with van der Waals surface area (Å²) in [6, 6.07) is 34.8. The maximum absolute atomic E-state index is 13.2. The van der Waals surface area contributed by atoms with Gasteiger partial charge in [0.15, 0.2) is 0 Å². The van der Waals surface area contributed by atoms with Crippen LogP contribution < -0.4 is 25.9 Å². The zero-order valence-corrected chi connectivity index (χ0v) is 37.6. The van der Waals surface area contributed by atoms with E-state index in [-0.39, 0.29) is 35.3 Å². The lowest BCUT2D eigenvalue weighted by atomic mass is 9.78. The Morgan fingerprint density at radius 3 is 1.97 bits per heavy atom. The van der Waals surface area contributed by atoms with Gasteiger partial charge in [-0.25, -0.2) is 0 Å². The molecule has 0 saturated carbocycles. The Hall–Kier alpha value is -5.23. The minimum atomic E-state index is -0.589. The number of amides is 3. The fourth-order valence-corrected chi connectivity index (χ4v) is 10.1. The van der Waals surface area contributed by atoms with Crippen LogP contribution in [-0.2, 0) is 25.4 Å². The third-order valence-corrected chi connectivity index (χ3v) is 14.7. The number of imide groups is 1. The van der Waals surface area contributed by atoms with Crippen LogP contribution in [0, 0.1) is 5.92 Å². The van der Waals surface area contributed by atoms with E-state index in [1.807, 2.05) is 12.1 Å². The molecule has 5 aliphatic heterocycles. The van der Waals surface area contributed by atoms with Crippen molar-refractivity contribution in [2.24, 2.45) is 5.92 Å². The smallest absolute Gasteiger partial charge is 0.399 e. The van der Waals surface area contributed by atoms with Crippen molar-refractivity contribution in [3.63, 3.8) is 0 Å². The second-order valence-electron chi connectivity index (χ2n) is 19.2. The molecule has 1 atom stereocenters. The normalized spacial score (nSPS) is 22.0. The number of piperidine rings is 3. The Labute approximate surface area is 373 Å². The quantitative estimate of drug-likeness (QED) is 0.0905. The molecule has 0 aromatic heterocycles. The van der Waals surface area contributed by atoms with Crippen molar-refractivity contribution in [3.8, 4) is 0 Å². The SMILES string of the molecule is CC/C(=C(\c1ccc(B2OC(C)(C)C(C)(C)O2)cc1)c1ccc(N2CCC(CNC3CCN(c4ccc5c(c4)CN(C4CCC(=O)NC4=O)C5=O)CC3)CC2)cc1)c1ccccc1. The molecular formula is C52H62BN5O5. The fraction of sp³-hybridized carbons (Fsp3) is 0.442. The van der Waals surface area contributed by atoms with Crippen LogP contribution in [0.3, 0.4) is 0 Å². The lowest BCUT2D eigenvalue weighted by Gasteiger charge is -2.37. The second-order valence-corrected chi connectivity index (χ2v) is 19.2. The minimum Gasteiger partial charge on any atom is -0.399 e. The first-order valence-electron chi connectivity index (χ1n) is 23.2. The van der Waals surface area contributed by atoms with Gasteiger partial charge < -0.3 is 29.3 Å². The van der Waals surface area contributed by atoms with E-state index in [0.29, 0.717) is 30.5 Å². The number of rotatable bonds is 11. The number of nitrogens with zero attached hydrogens (tertiary/aromatic N) is 3. The van der Waals surface area contributed by atoms with Crippen molar-refractivity contribution >= 4 is 52.8 Å². The standard InChI is InChI=1S/C52H62BN5O5/c1-6-44(36-10-8-7-9-11-36)48(37-12-16-40(17-13-37)53-62-51(2,3)52(4,5)63-53)38-14-18-42(19-15-38)56-28-24-35(25-29-56)33-54-41-26-30-57(31-27-41)43-20-21-45-39(32-43)34-58(50(45)61)46-22-23-47(59)55-49(46)60/h7-21,32,35,41,46,54H,6,22-31,33-34H2,1-5H3,(H,55,59,60)/b48-44-. The molecule has 5 aliphatic rings. The van der Waals surface area contributed by atoms with Crippen LogP contribution in [0.25, 0.3) is 11.1 Å². The average molecular weight is 848 g/mol. The van der Waals surface area contributed by atoms with E-state index in [9.17, 15) is 14.4 Å². The molecule has 4 aromatic rings. The number of nitrogens with one attached hydrogen (secondary N) is 2. The molecule has 1 unspecified atom stereocenters. The van der Waals surface area contributed by atoms with Crippen LogP contribution in [0.2, 0.25) is 0 Å². The lowest BCUT2D eigenvalue weighted by Crippen LogP contribution is -2.52. The monoisotopic (exact) mass is 847 g/mol. The van der Waals surface area contributed by atoms with E-state index in [2.05, 4.69) is 140 Å². The predicted molar refractivity (Wildman–Crippen MR) is 252 cm³/mol. The molecule has 4 saturated heterocycles. The van der Waals surface area contributed by atoms with Gasteiger partial charge in [0, 0.05) is 62.1 Å². The number of hydrogen-bond acceptors (Lipinski definition) is 8. The third kappa shape index (κ3) is 8.85. The molecule has 5 heterocycles. The molecule has 11 heteroatoms. The molecule has 0 radical (unpaired) electrons. The lowest BCUT2D eigenvalue weighted by molar-refractivity contribution is -0.136. The highest BCUT2D eigenvalue weighted by molar-refractivity contribution is 6.62. The van der Waals surface area contributed by atoms with Crippen LogP contribution >= 0.6 is 0 Å². The summed E-state index contributed by atoms with van der Waals surface area (Å²) >= 11 is 0. The van der Waals surface area contributed by atoms with E-state index >= 15 is 0 Å². The van der Waals surface area contributed by atoms with Crippen molar-refractivity contribution in [3.05, 3.63) is 125 Å². The van der Waals surface area contributed by atoms with E-state index in [0.717, 1.165) is 68.7 Å². The van der Waals surface area contributed by atoms with E-state index in [4.69, 9.17) is 9.31 Å². The molecule has 3 amide bonds. The number of fused-ring (bicyclic) bond motifs is 1. The molecule has 2 N–H and O–H groups in total. The maximum atomic E-state index is 13.2. The number of benzene rings is 4. The zero-order valence-electron chi connectivity index (χ0n) is 37.6. The first-order valence-corrected chi connectivity index (χ1v) is 23.2. The van der Waals surface area contributed by atoms with E-state index in [1.54, 1.807) is 4.90 Å². The van der Waals surface area contributed by atoms with Crippen molar-refractivity contribution in [1.82, 2.24) is 15.5 Å². The molecule has 63 heavy (non-hydrogen) atoms. The van der Waals surface area contributed by atoms with Gasteiger partial charge in [-0.15, -0.1) is 0 Å². The van der Waals surface area contributed by atoms with E-state index in [1.165, 1.54) is 46.4 Å². The van der Waals surface area contributed by atoms with Crippen LogP contribution in [0.1, 0.15) is 112 Å². The Kier molecular flexibility index (Phi) is 12.1. The first-order chi connectivity index (χ1) is 30.4. The van der Waals surface area contributed by atoms with Gasteiger partial charge in [-0.3, -0.25) is 19.7 Å². The molecule has 4 fully saturated rings. The maximum Gasteiger partial charge on any atom is 0.494 e. The molecule has 0 aliphatic carbocycles. The average Bonchev–Trinajstić information content (AvgIpc) is 3.74.